The van der Waals surface area contributed by atoms with Crippen molar-refractivity contribution in [1.29, 1.82) is 0 Å². The highest BCUT2D eigenvalue weighted by atomic mass is 35.5. The van der Waals surface area contributed by atoms with Gasteiger partial charge < -0.3 is 15.8 Å². The van der Waals surface area contributed by atoms with Gasteiger partial charge in [0.1, 0.15) is 5.69 Å². The molecule has 0 saturated carbocycles. The molecule has 0 radical (unpaired) electrons. The number of nitrogens with zero attached hydrogens (tertiary/aromatic N) is 3. The van der Waals surface area contributed by atoms with Crippen LogP contribution in [0.2, 0.25) is 5.02 Å². The SMILES string of the molecule is CCCN(CC(N)=NO)C(=O)c1ccc(Cl)cn1. The number of carbonyl (C=O) groups is 1. The van der Waals surface area contributed by atoms with Gasteiger partial charge in [-0.25, -0.2) is 4.98 Å². The van der Waals surface area contributed by atoms with Crippen molar-refractivity contribution in [2.45, 2.75) is 13.3 Å². The fourth-order valence-corrected chi connectivity index (χ4v) is 1.53. The van der Waals surface area contributed by atoms with Gasteiger partial charge >= 0.3 is 0 Å². The Labute approximate surface area is 110 Å². The van der Waals surface area contributed by atoms with Crippen molar-refractivity contribution in [3.05, 3.63) is 29.0 Å². The average molecular weight is 271 g/mol. The third kappa shape index (κ3) is 3.89. The summed E-state index contributed by atoms with van der Waals surface area (Å²) in [4.78, 5) is 17.5. The molecule has 1 rings (SSSR count). The molecule has 3 N–H and O–H groups in total. The molecule has 0 spiro atoms. The topological polar surface area (TPSA) is 91.8 Å². The molecule has 0 fully saturated rings. The van der Waals surface area contributed by atoms with E-state index in [9.17, 15) is 4.79 Å². The van der Waals surface area contributed by atoms with Gasteiger partial charge in [0.05, 0.1) is 11.6 Å². The summed E-state index contributed by atoms with van der Waals surface area (Å²) >= 11 is 5.70. The van der Waals surface area contributed by atoms with Gasteiger partial charge in [-0.05, 0) is 18.6 Å². The highest BCUT2D eigenvalue weighted by Gasteiger charge is 2.17. The smallest absolute Gasteiger partial charge is 0.272 e. The number of halogens is 1. The van der Waals surface area contributed by atoms with Gasteiger partial charge in [-0.3, -0.25) is 4.79 Å². The number of carbonyl (C=O) groups excluding carboxylic acids is 1. The van der Waals surface area contributed by atoms with Crippen molar-refractivity contribution in [1.82, 2.24) is 9.88 Å². The summed E-state index contributed by atoms with van der Waals surface area (Å²) in [5.74, 6) is -0.300. The molecule has 98 valence electrons. The summed E-state index contributed by atoms with van der Waals surface area (Å²) in [6.45, 7) is 2.49. The number of amidine groups is 1. The lowest BCUT2D eigenvalue weighted by atomic mass is 10.3. The Bertz CT molecular complexity index is 433. The number of aromatic nitrogens is 1. The zero-order valence-electron chi connectivity index (χ0n) is 10.0. The van der Waals surface area contributed by atoms with Gasteiger partial charge in [-0.15, -0.1) is 0 Å². The molecular weight excluding hydrogens is 256 g/mol. The third-order valence-corrected chi connectivity index (χ3v) is 2.43. The van der Waals surface area contributed by atoms with Gasteiger partial charge in [0.2, 0.25) is 0 Å². The lowest BCUT2D eigenvalue weighted by Gasteiger charge is -2.20. The molecule has 0 aliphatic rings. The first kappa shape index (κ1) is 14.2. The van der Waals surface area contributed by atoms with Crippen molar-refractivity contribution < 1.29 is 10.0 Å². The second kappa shape index (κ2) is 6.80. The lowest BCUT2D eigenvalue weighted by molar-refractivity contribution is 0.0772. The van der Waals surface area contributed by atoms with Crippen LogP contribution >= 0.6 is 11.6 Å². The Morgan fingerprint density at radius 1 is 1.61 bits per heavy atom. The van der Waals surface area contributed by atoms with Crippen LogP contribution in [0.3, 0.4) is 0 Å². The summed E-state index contributed by atoms with van der Waals surface area (Å²) in [5.41, 5.74) is 5.69. The van der Waals surface area contributed by atoms with Crippen LogP contribution in [-0.2, 0) is 0 Å². The monoisotopic (exact) mass is 270 g/mol. The van der Waals surface area contributed by atoms with Crippen LogP contribution in [0, 0.1) is 0 Å². The fourth-order valence-electron chi connectivity index (χ4n) is 1.41. The Balaban J connectivity index is 2.85. The van der Waals surface area contributed by atoms with Gasteiger partial charge in [0.15, 0.2) is 5.84 Å². The maximum absolute atomic E-state index is 12.1. The number of hydrogen-bond donors (Lipinski definition) is 2. The van der Waals surface area contributed by atoms with E-state index in [2.05, 4.69) is 10.1 Å². The third-order valence-electron chi connectivity index (χ3n) is 2.21. The minimum Gasteiger partial charge on any atom is -0.409 e. The molecule has 0 aliphatic heterocycles. The van der Waals surface area contributed by atoms with E-state index in [1.807, 2.05) is 6.92 Å². The van der Waals surface area contributed by atoms with Gasteiger partial charge in [-0.2, -0.15) is 0 Å². The minimum atomic E-state index is -0.278. The van der Waals surface area contributed by atoms with Crippen molar-refractivity contribution in [3.8, 4) is 0 Å². The predicted octanol–water partition coefficient (Wildman–Crippen LogP) is 1.33. The molecule has 1 amide bonds. The standard InChI is InChI=1S/C11H15ClN4O2/c1-2-5-16(7-10(13)15-18)11(17)9-4-3-8(12)6-14-9/h3-4,6,18H,2,5,7H2,1H3,(H2,13,15). The van der Waals surface area contributed by atoms with E-state index in [-0.39, 0.29) is 24.0 Å². The number of hydrogen-bond acceptors (Lipinski definition) is 4. The zero-order chi connectivity index (χ0) is 13.5. The predicted molar refractivity (Wildman–Crippen MR) is 68.9 cm³/mol. The van der Waals surface area contributed by atoms with Crippen molar-refractivity contribution in [2.24, 2.45) is 10.9 Å². The molecule has 7 heteroatoms. The van der Waals surface area contributed by atoms with Crippen molar-refractivity contribution in [3.63, 3.8) is 0 Å². The van der Waals surface area contributed by atoms with E-state index in [1.54, 1.807) is 12.1 Å². The number of oxime groups is 1. The Morgan fingerprint density at radius 2 is 2.33 bits per heavy atom. The molecule has 1 aromatic rings. The molecule has 0 bridgehead atoms. The summed E-state index contributed by atoms with van der Waals surface area (Å²) in [5, 5.41) is 11.9. The summed E-state index contributed by atoms with van der Waals surface area (Å²) < 4.78 is 0. The number of amides is 1. The Kier molecular flexibility index (Phi) is 5.38. The molecule has 1 aromatic heterocycles. The first-order valence-electron chi connectivity index (χ1n) is 5.45. The van der Waals surface area contributed by atoms with E-state index in [0.29, 0.717) is 11.6 Å². The van der Waals surface area contributed by atoms with Crippen molar-refractivity contribution in [2.75, 3.05) is 13.1 Å². The fraction of sp³-hybridized carbons (Fsp3) is 0.364. The largest absolute Gasteiger partial charge is 0.409 e. The molecule has 0 aromatic carbocycles. The first-order valence-corrected chi connectivity index (χ1v) is 5.83. The Morgan fingerprint density at radius 3 is 2.83 bits per heavy atom. The molecule has 1 heterocycles. The van der Waals surface area contributed by atoms with E-state index in [1.165, 1.54) is 11.1 Å². The van der Waals surface area contributed by atoms with Gasteiger partial charge in [0, 0.05) is 12.7 Å². The molecule has 0 atom stereocenters. The second-order valence-corrected chi connectivity index (χ2v) is 4.12. The first-order chi connectivity index (χ1) is 8.58. The highest BCUT2D eigenvalue weighted by molar-refractivity contribution is 6.30. The number of nitrogens with two attached hydrogens (primary N) is 1. The number of rotatable bonds is 5. The van der Waals surface area contributed by atoms with E-state index < -0.39 is 0 Å². The molecule has 0 aliphatic carbocycles. The summed E-state index contributed by atoms with van der Waals surface area (Å²) in [6.07, 6.45) is 2.17. The molecule has 18 heavy (non-hydrogen) atoms. The van der Waals surface area contributed by atoms with Gasteiger partial charge in [-0.1, -0.05) is 23.7 Å². The van der Waals surface area contributed by atoms with Crippen LogP contribution in [0.1, 0.15) is 23.8 Å². The maximum atomic E-state index is 12.1. The van der Waals surface area contributed by atoms with Crippen LogP contribution in [0.25, 0.3) is 0 Å². The highest BCUT2D eigenvalue weighted by Crippen LogP contribution is 2.08. The van der Waals surface area contributed by atoms with Crippen LogP contribution < -0.4 is 5.73 Å². The lowest BCUT2D eigenvalue weighted by Crippen LogP contribution is -2.39. The van der Waals surface area contributed by atoms with Crippen molar-refractivity contribution >= 4 is 23.3 Å². The van der Waals surface area contributed by atoms with Crippen LogP contribution in [0.4, 0.5) is 0 Å². The number of pyridine rings is 1. The average Bonchev–Trinajstić information content (AvgIpc) is 2.38. The normalized spacial score (nSPS) is 11.3. The van der Waals surface area contributed by atoms with Crippen LogP contribution in [-0.4, -0.2) is 39.9 Å². The van der Waals surface area contributed by atoms with E-state index in [0.717, 1.165) is 6.42 Å². The minimum absolute atomic E-state index is 0.0224. The van der Waals surface area contributed by atoms with E-state index in [4.69, 9.17) is 22.5 Å². The Hall–Kier alpha value is -1.82. The molecule has 6 nitrogen and oxygen atoms in total. The molecule has 0 saturated heterocycles. The molecule has 0 unspecified atom stereocenters. The quantitative estimate of drug-likeness (QED) is 0.365. The second-order valence-electron chi connectivity index (χ2n) is 3.68. The summed E-state index contributed by atoms with van der Waals surface area (Å²) in [6, 6.07) is 3.13. The zero-order valence-corrected chi connectivity index (χ0v) is 10.8. The van der Waals surface area contributed by atoms with Gasteiger partial charge in [0.25, 0.3) is 5.91 Å². The van der Waals surface area contributed by atoms with Crippen LogP contribution in [0.15, 0.2) is 23.5 Å². The summed E-state index contributed by atoms with van der Waals surface area (Å²) in [7, 11) is 0. The maximum Gasteiger partial charge on any atom is 0.272 e. The molecular formula is C11H15ClN4O2. The van der Waals surface area contributed by atoms with E-state index >= 15 is 0 Å². The van der Waals surface area contributed by atoms with Crippen LogP contribution in [0.5, 0.6) is 0 Å².